The van der Waals surface area contributed by atoms with Crippen LogP contribution in [0.2, 0.25) is 0 Å². The summed E-state index contributed by atoms with van der Waals surface area (Å²) in [4.78, 5) is 27.5. The summed E-state index contributed by atoms with van der Waals surface area (Å²) in [5.41, 5.74) is 2.04. The summed E-state index contributed by atoms with van der Waals surface area (Å²) in [6.07, 6.45) is 2.54. The molecule has 2 aliphatic rings. The number of nitrogens with one attached hydrogen (secondary N) is 1. The molecular weight excluding hydrogens is 368 g/mol. The monoisotopic (exact) mass is 394 g/mol. The number of para-hydroxylation sites is 1. The Morgan fingerprint density at radius 3 is 2.76 bits per heavy atom. The molecule has 0 aromatic heterocycles. The molecule has 1 aliphatic heterocycles. The summed E-state index contributed by atoms with van der Waals surface area (Å²) in [6.45, 7) is 3.24. The maximum Gasteiger partial charge on any atom is 0.263 e. The number of ether oxygens (including phenoxy) is 2. The fraction of sp³-hybridized carbons (Fsp3) is 0.391. The zero-order valence-corrected chi connectivity index (χ0v) is 16.8. The van der Waals surface area contributed by atoms with E-state index < -0.39 is 6.10 Å². The summed E-state index contributed by atoms with van der Waals surface area (Å²) >= 11 is 0. The Morgan fingerprint density at radius 1 is 1.24 bits per heavy atom. The van der Waals surface area contributed by atoms with Gasteiger partial charge in [-0.05, 0) is 55.5 Å². The van der Waals surface area contributed by atoms with E-state index in [0.29, 0.717) is 41.6 Å². The number of hydrogen-bond donors (Lipinski definition) is 1. The van der Waals surface area contributed by atoms with Crippen LogP contribution in [0, 0.1) is 5.92 Å². The molecule has 0 radical (unpaired) electrons. The third-order valence-electron chi connectivity index (χ3n) is 5.43. The molecular formula is C23H26N2O4. The quantitative estimate of drug-likeness (QED) is 0.808. The Bertz CT molecular complexity index is 923. The second-order valence-electron chi connectivity index (χ2n) is 7.65. The van der Waals surface area contributed by atoms with Gasteiger partial charge >= 0.3 is 0 Å². The highest BCUT2D eigenvalue weighted by Gasteiger charge is 2.33. The standard InChI is InChI=1S/C23H26N2O4/c1-3-19-23(27)25(13-15-8-9-15)14-16-12-17(10-11-20(16)29-19)24-22(26)18-6-4-5-7-21(18)28-2/h4-7,10-12,15,19H,3,8-9,13-14H2,1-2H3,(H,24,26)/t19-/m1/s1. The minimum Gasteiger partial charge on any atom is -0.496 e. The van der Waals surface area contributed by atoms with Crippen LogP contribution < -0.4 is 14.8 Å². The Kier molecular flexibility index (Phi) is 5.43. The number of carbonyl (C=O) groups is 2. The van der Waals surface area contributed by atoms with Gasteiger partial charge in [0.15, 0.2) is 6.10 Å². The third-order valence-corrected chi connectivity index (χ3v) is 5.43. The number of rotatable bonds is 6. The van der Waals surface area contributed by atoms with E-state index in [1.54, 1.807) is 31.4 Å². The average Bonchev–Trinajstić information content (AvgIpc) is 3.57. The molecule has 1 atom stereocenters. The van der Waals surface area contributed by atoms with Crippen LogP contribution in [0.4, 0.5) is 5.69 Å². The topological polar surface area (TPSA) is 67.9 Å². The Morgan fingerprint density at radius 2 is 2.03 bits per heavy atom. The predicted molar refractivity (Wildman–Crippen MR) is 110 cm³/mol. The second kappa shape index (κ2) is 8.15. The van der Waals surface area contributed by atoms with Gasteiger partial charge in [0.25, 0.3) is 11.8 Å². The van der Waals surface area contributed by atoms with Gasteiger partial charge < -0.3 is 19.7 Å². The maximum absolute atomic E-state index is 12.8. The van der Waals surface area contributed by atoms with Gasteiger partial charge in [0.2, 0.25) is 0 Å². The van der Waals surface area contributed by atoms with E-state index in [9.17, 15) is 9.59 Å². The number of nitrogens with zero attached hydrogens (tertiary/aromatic N) is 1. The van der Waals surface area contributed by atoms with Gasteiger partial charge in [-0.3, -0.25) is 9.59 Å². The number of carbonyl (C=O) groups excluding carboxylic acids is 2. The minimum absolute atomic E-state index is 0.0511. The Labute approximate surface area is 170 Å². The first-order valence-corrected chi connectivity index (χ1v) is 10.1. The fourth-order valence-corrected chi connectivity index (χ4v) is 3.64. The highest BCUT2D eigenvalue weighted by atomic mass is 16.5. The van der Waals surface area contributed by atoms with Crippen molar-refractivity contribution < 1.29 is 19.1 Å². The smallest absolute Gasteiger partial charge is 0.263 e. The van der Waals surface area contributed by atoms with Crippen LogP contribution in [0.3, 0.4) is 0 Å². The van der Waals surface area contributed by atoms with Crippen molar-refractivity contribution in [2.75, 3.05) is 19.0 Å². The van der Waals surface area contributed by atoms with Crippen molar-refractivity contribution in [1.82, 2.24) is 4.90 Å². The number of methoxy groups -OCH3 is 1. The summed E-state index contributed by atoms with van der Waals surface area (Å²) in [5, 5.41) is 2.93. The van der Waals surface area contributed by atoms with Gasteiger partial charge in [-0.25, -0.2) is 0 Å². The van der Waals surface area contributed by atoms with Crippen molar-refractivity contribution in [3.63, 3.8) is 0 Å². The van der Waals surface area contributed by atoms with Crippen molar-refractivity contribution in [2.45, 2.75) is 38.8 Å². The van der Waals surface area contributed by atoms with Gasteiger partial charge in [-0.15, -0.1) is 0 Å². The number of amides is 2. The predicted octanol–water partition coefficient (Wildman–Crippen LogP) is 3.86. The molecule has 1 N–H and O–H groups in total. The first kappa shape index (κ1) is 19.3. The zero-order chi connectivity index (χ0) is 20.4. The summed E-state index contributed by atoms with van der Waals surface area (Å²) in [7, 11) is 1.54. The van der Waals surface area contributed by atoms with Crippen molar-refractivity contribution in [3.8, 4) is 11.5 Å². The lowest BCUT2D eigenvalue weighted by Gasteiger charge is -2.23. The normalized spacial score (nSPS) is 18.5. The van der Waals surface area contributed by atoms with Crippen molar-refractivity contribution >= 4 is 17.5 Å². The second-order valence-corrected chi connectivity index (χ2v) is 7.65. The molecule has 2 aromatic carbocycles. The molecule has 0 bridgehead atoms. The van der Waals surface area contributed by atoms with E-state index in [-0.39, 0.29) is 11.8 Å². The van der Waals surface area contributed by atoms with E-state index in [0.717, 1.165) is 12.1 Å². The Hall–Kier alpha value is -3.02. The fourth-order valence-electron chi connectivity index (χ4n) is 3.64. The number of hydrogen-bond acceptors (Lipinski definition) is 4. The van der Waals surface area contributed by atoms with Crippen molar-refractivity contribution in [1.29, 1.82) is 0 Å². The third kappa shape index (κ3) is 4.21. The highest BCUT2D eigenvalue weighted by Crippen LogP contribution is 2.34. The van der Waals surface area contributed by atoms with Gasteiger partial charge in [-0.1, -0.05) is 19.1 Å². The Balaban J connectivity index is 1.57. The van der Waals surface area contributed by atoms with Crippen LogP contribution in [-0.4, -0.2) is 36.5 Å². The number of benzene rings is 2. The molecule has 0 saturated heterocycles. The van der Waals surface area contributed by atoms with E-state index in [1.807, 2.05) is 30.0 Å². The molecule has 0 spiro atoms. The average molecular weight is 394 g/mol. The van der Waals surface area contributed by atoms with Gasteiger partial charge in [-0.2, -0.15) is 0 Å². The zero-order valence-electron chi connectivity index (χ0n) is 16.8. The van der Waals surface area contributed by atoms with E-state index >= 15 is 0 Å². The molecule has 1 fully saturated rings. The molecule has 1 saturated carbocycles. The lowest BCUT2D eigenvalue weighted by atomic mass is 10.1. The molecule has 6 heteroatoms. The largest absolute Gasteiger partial charge is 0.496 e. The van der Waals surface area contributed by atoms with E-state index in [1.165, 1.54) is 12.8 Å². The van der Waals surface area contributed by atoms with Crippen LogP contribution in [0.5, 0.6) is 11.5 Å². The summed E-state index contributed by atoms with van der Waals surface area (Å²) < 4.78 is 11.3. The molecule has 152 valence electrons. The molecule has 1 aliphatic carbocycles. The van der Waals surface area contributed by atoms with Crippen LogP contribution in [0.1, 0.15) is 42.1 Å². The maximum atomic E-state index is 12.8. The molecule has 29 heavy (non-hydrogen) atoms. The highest BCUT2D eigenvalue weighted by molar-refractivity contribution is 6.06. The van der Waals surface area contributed by atoms with Gasteiger partial charge in [0, 0.05) is 24.3 Å². The molecule has 4 rings (SSSR count). The lowest BCUT2D eigenvalue weighted by Crippen LogP contribution is -2.40. The minimum atomic E-state index is -0.455. The lowest BCUT2D eigenvalue weighted by molar-refractivity contribution is -0.138. The van der Waals surface area contributed by atoms with Gasteiger partial charge in [0.05, 0.1) is 12.7 Å². The van der Waals surface area contributed by atoms with Crippen LogP contribution in [0.15, 0.2) is 42.5 Å². The molecule has 1 heterocycles. The van der Waals surface area contributed by atoms with Crippen LogP contribution in [0.25, 0.3) is 0 Å². The van der Waals surface area contributed by atoms with E-state index in [4.69, 9.17) is 9.47 Å². The molecule has 6 nitrogen and oxygen atoms in total. The summed E-state index contributed by atoms with van der Waals surface area (Å²) in [6, 6.07) is 12.6. The first-order valence-electron chi connectivity index (χ1n) is 10.1. The number of fused-ring (bicyclic) bond motifs is 1. The first-order chi connectivity index (χ1) is 14.1. The van der Waals surface area contributed by atoms with E-state index in [2.05, 4.69) is 5.32 Å². The van der Waals surface area contributed by atoms with Crippen molar-refractivity contribution in [2.24, 2.45) is 5.92 Å². The van der Waals surface area contributed by atoms with Crippen molar-refractivity contribution in [3.05, 3.63) is 53.6 Å². The van der Waals surface area contributed by atoms with Crippen LogP contribution in [-0.2, 0) is 11.3 Å². The number of anilines is 1. The summed E-state index contributed by atoms with van der Waals surface area (Å²) in [5.74, 6) is 1.64. The SMILES string of the molecule is CC[C@H]1Oc2ccc(NC(=O)c3ccccc3OC)cc2CN(CC2CC2)C1=O. The van der Waals surface area contributed by atoms with Gasteiger partial charge in [0.1, 0.15) is 11.5 Å². The molecule has 2 amide bonds. The molecule has 0 unspecified atom stereocenters. The van der Waals surface area contributed by atoms with Crippen LogP contribution >= 0.6 is 0 Å². The molecule has 2 aromatic rings.